The maximum atomic E-state index is 15.1. The number of Topliss-reactive ketones (excluding diaryl/α,β-unsaturated/α-hetero) is 2. The molecule has 306 valence electrons. The number of hydrogen-bond acceptors (Lipinski definition) is 12. The summed E-state index contributed by atoms with van der Waals surface area (Å²) in [6.07, 6.45) is -0.533. The Kier molecular flexibility index (Phi) is 10.8. The monoisotopic (exact) mass is 857 g/mol. The lowest BCUT2D eigenvalue weighted by atomic mass is 9.63. The van der Waals surface area contributed by atoms with Gasteiger partial charge in [0.15, 0.2) is 17.3 Å². The number of ketones is 2. The number of allylic oxidation sites excluding steroid dienone is 1. The van der Waals surface area contributed by atoms with Crippen molar-refractivity contribution in [1.82, 2.24) is 10.5 Å². The van der Waals surface area contributed by atoms with Crippen LogP contribution in [-0.2, 0) is 45.0 Å². The first-order chi connectivity index (χ1) is 27.4. The Morgan fingerprint density at radius 2 is 1.64 bits per heavy atom. The van der Waals surface area contributed by atoms with E-state index in [1.807, 2.05) is 50.5 Å². The Balaban J connectivity index is 0.00000166. The van der Waals surface area contributed by atoms with Crippen LogP contribution in [0.3, 0.4) is 0 Å². The quantitative estimate of drug-likeness (QED) is 0.112. The van der Waals surface area contributed by atoms with Gasteiger partial charge in [0.25, 0.3) is 0 Å². The van der Waals surface area contributed by atoms with Crippen molar-refractivity contribution >= 4 is 56.2 Å². The second-order valence-electron chi connectivity index (χ2n) is 17.0. The van der Waals surface area contributed by atoms with E-state index in [0.717, 1.165) is 5.56 Å². The van der Waals surface area contributed by atoms with E-state index in [0.29, 0.717) is 74.3 Å². The van der Waals surface area contributed by atoms with E-state index in [1.54, 1.807) is 60.7 Å². The Morgan fingerprint density at radius 3 is 2.31 bits per heavy atom. The number of epoxide rings is 1. The highest BCUT2D eigenvalue weighted by Crippen LogP contribution is 2.63. The minimum Gasteiger partial charge on any atom is -0.470 e. The number of halogens is 1. The van der Waals surface area contributed by atoms with Crippen LogP contribution in [-0.4, -0.2) is 66.9 Å². The molecule has 8 rings (SSSR count). The number of benzene rings is 3. The van der Waals surface area contributed by atoms with Gasteiger partial charge in [-0.25, -0.2) is 9.59 Å². The third-order valence-corrected chi connectivity index (χ3v) is 10.8. The van der Waals surface area contributed by atoms with Gasteiger partial charge >= 0.3 is 12.2 Å². The number of aromatic nitrogens is 1. The molecule has 13 nitrogen and oxygen atoms in total. The molecule has 2 heterocycles. The van der Waals surface area contributed by atoms with Gasteiger partial charge < -0.3 is 33.5 Å². The van der Waals surface area contributed by atoms with Gasteiger partial charge in [-0.3, -0.25) is 14.5 Å². The summed E-state index contributed by atoms with van der Waals surface area (Å²) in [5.41, 5.74) is 0.0709. The molecule has 0 radical (unpaired) electrons. The number of rotatable bonds is 6. The normalized spacial score (nSPS) is 20.3. The van der Waals surface area contributed by atoms with Gasteiger partial charge in [-0.05, 0) is 97.7 Å². The van der Waals surface area contributed by atoms with Crippen LogP contribution in [0.4, 0.5) is 15.3 Å². The summed E-state index contributed by atoms with van der Waals surface area (Å²) in [6, 6.07) is 15.0. The Labute approximate surface area is 345 Å². The van der Waals surface area contributed by atoms with Gasteiger partial charge in [0.05, 0.1) is 30.0 Å². The summed E-state index contributed by atoms with van der Waals surface area (Å²) in [4.78, 5) is 58.0. The maximum absolute atomic E-state index is 15.1. The lowest BCUT2D eigenvalue weighted by Gasteiger charge is -2.37. The molecule has 1 N–H and O–H groups in total. The summed E-state index contributed by atoms with van der Waals surface area (Å²) < 4.78 is 35.9. The first kappa shape index (κ1) is 41.1. The van der Waals surface area contributed by atoms with Gasteiger partial charge in [-0.2, -0.15) is 0 Å². The third kappa shape index (κ3) is 7.53. The van der Waals surface area contributed by atoms with Crippen LogP contribution < -0.4 is 15.0 Å². The first-order valence-electron chi connectivity index (χ1n) is 19.2. The predicted molar refractivity (Wildman–Crippen MR) is 218 cm³/mol. The van der Waals surface area contributed by atoms with Gasteiger partial charge in [-0.15, -0.1) is 0 Å². The Hall–Kier alpha value is -5.05. The van der Waals surface area contributed by atoms with Crippen molar-refractivity contribution < 1.29 is 47.4 Å². The summed E-state index contributed by atoms with van der Waals surface area (Å²) in [6.45, 7) is 10.9. The molecule has 1 unspecified atom stereocenters. The van der Waals surface area contributed by atoms with Gasteiger partial charge in [0, 0.05) is 40.2 Å². The fourth-order valence-corrected chi connectivity index (χ4v) is 8.52. The summed E-state index contributed by atoms with van der Waals surface area (Å²) >= 11 is 3.53. The van der Waals surface area contributed by atoms with Crippen molar-refractivity contribution in [2.45, 2.75) is 90.8 Å². The summed E-state index contributed by atoms with van der Waals surface area (Å²) in [7, 11) is 5.35. The van der Waals surface area contributed by atoms with Crippen LogP contribution in [0.15, 0.2) is 68.9 Å². The largest absolute Gasteiger partial charge is 0.514 e. The van der Waals surface area contributed by atoms with E-state index in [-0.39, 0.29) is 42.0 Å². The minimum absolute atomic E-state index is 0.00981. The molecule has 0 bridgehead atoms. The van der Waals surface area contributed by atoms with E-state index < -0.39 is 34.8 Å². The van der Waals surface area contributed by atoms with Crippen LogP contribution in [0.25, 0.3) is 10.8 Å². The second kappa shape index (κ2) is 15.3. The Bertz CT molecular complexity index is 2360. The maximum Gasteiger partial charge on any atom is 0.514 e. The zero-order valence-corrected chi connectivity index (χ0v) is 35.7. The van der Waals surface area contributed by atoms with Crippen molar-refractivity contribution in [2.75, 3.05) is 26.0 Å². The molecule has 4 aromatic rings. The fraction of sp³-hybridized carbons (Fsp3) is 0.432. The van der Waals surface area contributed by atoms with Gasteiger partial charge in [0.2, 0.25) is 11.4 Å². The molecular weight excluding hydrogens is 810 g/mol. The molecule has 1 fully saturated rings. The molecule has 58 heavy (non-hydrogen) atoms. The zero-order valence-electron chi connectivity index (χ0n) is 34.2. The van der Waals surface area contributed by atoms with Crippen molar-refractivity contribution in [2.24, 2.45) is 11.8 Å². The van der Waals surface area contributed by atoms with Crippen molar-refractivity contribution in [3.8, 4) is 5.75 Å². The first-order valence-corrected chi connectivity index (χ1v) is 20.0. The van der Waals surface area contributed by atoms with Crippen molar-refractivity contribution in [3.63, 3.8) is 0 Å². The number of anilines is 1. The number of carbonyl (C=O) groups is 4. The average Bonchev–Trinajstić information content (AvgIpc) is 3.76. The number of hydrogen-bond donors (Lipinski definition) is 1. The highest BCUT2D eigenvalue weighted by molar-refractivity contribution is 9.10. The molecule has 3 aliphatic carbocycles. The Morgan fingerprint density at radius 1 is 0.948 bits per heavy atom. The number of nitrogens with zero attached hydrogens (tertiary/aromatic N) is 2. The minimum atomic E-state index is -1.34. The highest BCUT2D eigenvalue weighted by atomic mass is 79.9. The molecule has 3 atom stereocenters. The molecule has 3 aromatic carbocycles. The van der Waals surface area contributed by atoms with Crippen molar-refractivity contribution in [3.05, 3.63) is 98.0 Å². The highest BCUT2D eigenvalue weighted by Gasteiger charge is 2.72. The lowest BCUT2D eigenvalue weighted by molar-refractivity contribution is 0.0207. The van der Waals surface area contributed by atoms with E-state index in [9.17, 15) is 14.4 Å². The summed E-state index contributed by atoms with van der Waals surface area (Å²) in [5, 5.41) is 7.93. The molecule has 4 aliphatic rings. The summed E-state index contributed by atoms with van der Waals surface area (Å²) in [5.74, 6) is -0.689. The van der Waals surface area contributed by atoms with Gasteiger partial charge in [-0.1, -0.05) is 57.5 Å². The van der Waals surface area contributed by atoms with Crippen LogP contribution >= 0.6 is 15.9 Å². The van der Waals surface area contributed by atoms with E-state index in [4.69, 9.17) is 28.2 Å². The second-order valence-corrected chi connectivity index (χ2v) is 17.9. The molecule has 1 spiro atoms. The fourth-order valence-electron chi connectivity index (χ4n) is 8.16. The van der Waals surface area contributed by atoms with Crippen LogP contribution in [0.2, 0.25) is 0 Å². The van der Waals surface area contributed by atoms with Crippen LogP contribution in [0, 0.1) is 11.8 Å². The van der Waals surface area contributed by atoms with Gasteiger partial charge in [0.1, 0.15) is 22.7 Å². The third-order valence-electron chi connectivity index (χ3n) is 10.3. The van der Waals surface area contributed by atoms with Crippen LogP contribution in [0.1, 0.15) is 91.3 Å². The SMILES string of the molecule is CN(C(=O)OC(C)(C)C)c1c2c(c(OC(=O)OC(C)(C)C)c3cc(Br)ccc13)C(=O)C1=C3O[C@]34C(=O)c3c(COCc5ccccc5)noc3C[C@@H]4CC1C2.CNC. The molecule has 1 amide bonds. The number of carbonyl (C=O) groups excluding carboxylic acids is 4. The lowest BCUT2D eigenvalue weighted by Crippen LogP contribution is -2.45. The van der Waals surface area contributed by atoms with E-state index >= 15 is 4.79 Å². The number of nitrogens with one attached hydrogen (secondary N) is 1. The zero-order chi connectivity index (χ0) is 41.9. The number of fused-ring (bicyclic) bond motifs is 4. The average molecular weight is 859 g/mol. The standard InChI is InChI=1S/C42H41BrN2O10.C2H7N/c1-40(2,3)53-38(48)45(7)33-25-14-13-24(43)18-26(25)35(51-39(49)54-41(4,5)6)31-27(33)16-22-15-23-17-29-32(36(47)42(23)37(52-42)30(22)34(31)46)28(44-55-29)20-50-19-21-11-9-8-10-12-21;1-3-2/h8-14,18,22-23H,15-17,19-20H2,1-7H3;3H,1-2H3/t22?,23-,42+;/m0./s1. The smallest absolute Gasteiger partial charge is 0.470 e. The topological polar surface area (TPSA) is 159 Å². The molecule has 1 saturated heterocycles. The number of ether oxygens (including phenoxy) is 5. The predicted octanol–water partition coefficient (Wildman–Crippen LogP) is 8.66. The van der Waals surface area contributed by atoms with Crippen LogP contribution in [0.5, 0.6) is 5.75 Å². The molecular formula is C44H48BrN3O10. The molecule has 0 saturated carbocycles. The molecule has 1 aromatic heterocycles. The van der Waals surface area contributed by atoms with E-state index in [2.05, 4.69) is 26.4 Å². The van der Waals surface area contributed by atoms with Crippen molar-refractivity contribution in [1.29, 1.82) is 0 Å². The molecule has 14 heteroatoms. The molecule has 1 aliphatic heterocycles. The number of amides is 1. The van der Waals surface area contributed by atoms with E-state index in [1.165, 1.54) is 4.90 Å².